The van der Waals surface area contributed by atoms with Gasteiger partial charge in [0.25, 0.3) is 5.91 Å². The van der Waals surface area contributed by atoms with Crippen molar-refractivity contribution in [1.29, 1.82) is 0 Å². The number of hydrogen-bond acceptors (Lipinski definition) is 3. The summed E-state index contributed by atoms with van der Waals surface area (Å²) in [4.78, 5) is 15.0. The molecule has 0 aliphatic carbocycles. The number of carbonyl (C=O) groups is 1. The lowest BCUT2D eigenvalue weighted by Gasteiger charge is -2.33. The third-order valence-electron chi connectivity index (χ3n) is 5.45. The summed E-state index contributed by atoms with van der Waals surface area (Å²) >= 11 is 0. The number of nitrogens with zero attached hydrogens (tertiary/aromatic N) is 3. The van der Waals surface area contributed by atoms with Crippen LogP contribution >= 0.6 is 0 Å². The van der Waals surface area contributed by atoms with Crippen LogP contribution < -0.4 is 0 Å². The molecule has 1 saturated heterocycles. The Bertz CT molecular complexity index is 964. The molecule has 28 heavy (non-hydrogen) atoms. The first-order valence-electron chi connectivity index (χ1n) is 9.87. The van der Waals surface area contributed by atoms with Crippen LogP contribution in [-0.4, -0.2) is 34.1 Å². The number of likely N-dealkylation sites (tertiary alicyclic amines) is 1. The molecule has 4 nitrogen and oxygen atoms in total. The summed E-state index contributed by atoms with van der Waals surface area (Å²) in [5.74, 6) is 0.526. The number of aryl methyl sites for hydroxylation is 2. The first kappa shape index (κ1) is 18.4. The van der Waals surface area contributed by atoms with Crippen molar-refractivity contribution in [2.24, 2.45) is 0 Å². The second-order valence-electron chi connectivity index (χ2n) is 7.64. The van der Waals surface area contributed by atoms with Gasteiger partial charge in [0, 0.05) is 30.1 Å². The van der Waals surface area contributed by atoms with Crippen LogP contribution in [0.25, 0.3) is 11.3 Å². The summed E-state index contributed by atoms with van der Waals surface area (Å²) in [5, 5.41) is 8.32. The van der Waals surface area contributed by atoms with E-state index in [1.54, 1.807) is 0 Å². The smallest absolute Gasteiger partial charge is 0.253 e. The van der Waals surface area contributed by atoms with Crippen LogP contribution in [0.2, 0.25) is 0 Å². The van der Waals surface area contributed by atoms with Gasteiger partial charge >= 0.3 is 0 Å². The fourth-order valence-corrected chi connectivity index (χ4v) is 3.88. The normalized spacial score (nSPS) is 16.8. The zero-order valence-electron chi connectivity index (χ0n) is 16.4. The van der Waals surface area contributed by atoms with Crippen molar-refractivity contribution in [3.05, 3.63) is 83.0 Å². The third kappa shape index (κ3) is 3.96. The van der Waals surface area contributed by atoms with E-state index < -0.39 is 0 Å². The Kier molecular flexibility index (Phi) is 5.20. The molecule has 0 N–H and O–H groups in total. The number of carbonyl (C=O) groups excluding carboxylic acids is 1. The minimum absolute atomic E-state index is 0.110. The van der Waals surface area contributed by atoms with E-state index in [4.69, 9.17) is 0 Å². The molecule has 0 spiro atoms. The summed E-state index contributed by atoms with van der Waals surface area (Å²) in [7, 11) is 0. The second kappa shape index (κ2) is 7.93. The Morgan fingerprint density at radius 2 is 1.82 bits per heavy atom. The minimum Gasteiger partial charge on any atom is -0.338 e. The summed E-state index contributed by atoms with van der Waals surface area (Å²) in [5.41, 5.74) is 6.03. The Balaban J connectivity index is 1.48. The van der Waals surface area contributed by atoms with Crippen molar-refractivity contribution in [2.75, 3.05) is 13.1 Å². The molecule has 2 aromatic carbocycles. The Hall–Kier alpha value is -3.01. The minimum atomic E-state index is 0.110. The van der Waals surface area contributed by atoms with Crippen LogP contribution in [0.4, 0.5) is 0 Å². The maximum absolute atomic E-state index is 13.0. The first-order chi connectivity index (χ1) is 13.6. The van der Waals surface area contributed by atoms with Crippen molar-refractivity contribution in [1.82, 2.24) is 15.1 Å². The van der Waals surface area contributed by atoms with Gasteiger partial charge in [-0.1, -0.05) is 42.0 Å². The molecular formula is C24H25N3O. The van der Waals surface area contributed by atoms with Crippen LogP contribution in [0, 0.1) is 13.8 Å². The quantitative estimate of drug-likeness (QED) is 0.666. The molecule has 1 atom stereocenters. The molecule has 1 aromatic heterocycles. The van der Waals surface area contributed by atoms with Gasteiger partial charge in [0.2, 0.25) is 0 Å². The third-order valence-corrected chi connectivity index (χ3v) is 5.45. The molecule has 1 fully saturated rings. The van der Waals surface area contributed by atoms with Gasteiger partial charge in [-0.15, -0.1) is 0 Å². The van der Waals surface area contributed by atoms with Gasteiger partial charge in [-0.2, -0.15) is 10.2 Å². The second-order valence-corrected chi connectivity index (χ2v) is 7.64. The van der Waals surface area contributed by atoms with Crippen molar-refractivity contribution >= 4 is 5.91 Å². The van der Waals surface area contributed by atoms with Crippen LogP contribution in [0.3, 0.4) is 0 Å². The predicted molar refractivity (Wildman–Crippen MR) is 111 cm³/mol. The van der Waals surface area contributed by atoms with Crippen LogP contribution in [0.1, 0.15) is 45.9 Å². The van der Waals surface area contributed by atoms with Gasteiger partial charge in [0.05, 0.1) is 11.4 Å². The summed E-state index contributed by atoms with van der Waals surface area (Å²) in [6, 6.07) is 20.3. The lowest BCUT2D eigenvalue weighted by Crippen LogP contribution is -2.39. The van der Waals surface area contributed by atoms with Crippen molar-refractivity contribution in [3.8, 4) is 11.3 Å². The van der Waals surface area contributed by atoms with E-state index in [0.717, 1.165) is 48.4 Å². The Morgan fingerprint density at radius 3 is 2.54 bits per heavy atom. The monoisotopic (exact) mass is 371 g/mol. The van der Waals surface area contributed by atoms with Crippen LogP contribution in [0.5, 0.6) is 0 Å². The van der Waals surface area contributed by atoms with E-state index >= 15 is 0 Å². The topological polar surface area (TPSA) is 46.1 Å². The highest BCUT2D eigenvalue weighted by atomic mass is 16.2. The zero-order chi connectivity index (χ0) is 19.5. The standard InChI is InChI=1S/C24H25N3O/c1-17-5-3-6-21(15-17)22-7-4-14-27(16-22)24(28)20-11-9-19(10-12-20)23-13-8-18(2)25-26-23/h3,5-6,8-13,15,22H,4,7,14,16H2,1-2H3/t22-/m0/s1. The van der Waals surface area contributed by atoms with Crippen molar-refractivity contribution in [3.63, 3.8) is 0 Å². The number of piperidine rings is 1. The molecule has 2 heterocycles. The van der Waals surface area contributed by atoms with Gasteiger partial charge in [-0.25, -0.2) is 0 Å². The highest BCUT2D eigenvalue weighted by Crippen LogP contribution is 2.28. The van der Waals surface area contributed by atoms with Crippen LogP contribution in [-0.2, 0) is 0 Å². The maximum Gasteiger partial charge on any atom is 0.253 e. The fraction of sp³-hybridized carbons (Fsp3) is 0.292. The molecule has 3 aromatic rings. The zero-order valence-corrected chi connectivity index (χ0v) is 16.4. The molecule has 142 valence electrons. The molecule has 0 bridgehead atoms. The maximum atomic E-state index is 13.0. The number of aromatic nitrogens is 2. The molecule has 4 rings (SSSR count). The molecule has 1 aliphatic heterocycles. The van der Waals surface area contributed by atoms with E-state index in [-0.39, 0.29) is 5.91 Å². The van der Waals surface area contributed by atoms with Crippen LogP contribution in [0.15, 0.2) is 60.7 Å². The predicted octanol–water partition coefficient (Wildman–Crippen LogP) is 4.78. The summed E-state index contributed by atoms with van der Waals surface area (Å²) in [6.07, 6.45) is 2.18. The molecule has 1 amide bonds. The van der Waals surface area contributed by atoms with Crippen molar-refractivity contribution in [2.45, 2.75) is 32.6 Å². The highest BCUT2D eigenvalue weighted by Gasteiger charge is 2.25. The van der Waals surface area contributed by atoms with E-state index in [1.165, 1.54) is 11.1 Å². The number of benzene rings is 2. The van der Waals surface area contributed by atoms with Gasteiger partial charge in [-0.3, -0.25) is 4.79 Å². The first-order valence-corrected chi connectivity index (χ1v) is 9.87. The number of rotatable bonds is 3. The van der Waals surface area contributed by atoms with Gasteiger partial charge in [0.15, 0.2) is 0 Å². The summed E-state index contributed by atoms with van der Waals surface area (Å²) in [6.45, 7) is 5.65. The fourth-order valence-electron chi connectivity index (χ4n) is 3.88. The van der Waals surface area contributed by atoms with Gasteiger partial charge in [0.1, 0.15) is 0 Å². The Morgan fingerprint density at radius 1 is 1.00 bits per heavy atom. The summed E-state index contributed by atoms with van der Waals surface area (Å²) < 4.78 is 0. The molecule has 0 saturated carbocycles. The van der Waals surface area contributed by atoms with E-state index in [0.29, 0.717) is 5.92 Å². The number of amides is 1. The average Bonchev–Trinajstić information content (AvgIpc) is 2.74. The average molecular weight is 371 g/mol. The SMILES string of the molecule is Cc1cccc([C@H]2CCCN(C(=O)c3ccc(-c4ccc(C)nn4)cc3)C2)c1. The van der Waals surface area contributed by atoms with E-state index in [1.807, 2.05) is 48.2 Å². The molecular weight excluding hydrogens is 346 g/mol. The van der Waals surface area contributed by atoms with E-state index in [9.17, 15) is 4.79 Å². The molecule has 1 aliphatic rings. The molecule has 4 heteroatoms. The molecule has 0 unspecified atom stereocenters. The highest BCUT2D eigenvalue weighted by molar-refractivity contribution is 5.94. The number of hydrogen-bond donors (Lipinski definition) is 0. The largest absolute Gasteiger partial charge is 0.338 e. The van der Waals surface area contributed by atoms with Gasteiger partial charge in [-0.05, 0) is 56.5 Å². The lowest BCUT2D eigenvalue weighted by atomic mass is 9.89. The van der Waals surface area contributed by atoms with Crippen molar-refractivity contribution < 1.29 is 4.79 Å². The van der Waals surface area contributed by atoms with Gasteiger partial charge < -0.3 is 4.90 Å². The Labute approximate surface area is 166 Å². The van der Waals surface area contributed by atoms with E-state index in [2.05, 4.69) is 41.4 Å². The molecule has 0 radical (unpaired) electrons. The lowest BCUT2D eigenvalue weighted by molar-refractivity contribution is 0.0707.